The van der Waals surface area contributed by atoms with Crippen molar-refractivity contribution >= 4 is 29.9 Å². The molecule has 1 aliphatic carbocycles. The first-order valence-electron chi connectivity index (χ1n) is 10.5. The maximum Gasteiger partial charge on any atom is 0.191 e. The van der Waals surface area contributed by atoms with Crippen LogP contribution >= 0.6 is 24.0 Å². The number of guanidine groups is 1. The van der Waals surface area contributed by atoms with Gasteiger partial charge >= 0.3 is 0 Å². The van der Waals surface area contributed by atoms with Crippen LogP contribution in [0.25, 0.3) is 0 Å². The Labute approximate surface area is 193 Å². The summed E-state index contributed by atoms with van der Waals surface area (Å²) in [6, 6.07) is 5.92. The van der Waals surface area contributed by atoms with Crippen molar-refractivity contribution < 1.29 is 14.2 Å². The van der Waals surface area contributed by atoms with E-state index in [1.165, 1.54) is 38.5 Å². The molecule has 2 rings (SSSR count). The van der Waals surface area contributed by atoms with Gasteiger partial charge in [-0.2, -0.15) is 0 Å². The normalized spacial score (nSPS) is 14.8. The molecule has 2 N–H and O–H groups in total. The van der Waals surface area contributed by atoms with Gasteiger partial charge in [0.15, 0.2) is 17.5 Å². The number of unbranched alkanes of at least 4 members (excludes halogenated alkanes) is 2. The summed E-state index contributed by atoms with van der Waals surface area (Å²) in [4.78, 5) is 4.29. The van der Waals surface area contributed by atoms with Gasteiger partial charge in [-0.1, -0.05) is 25.3 Å². The third-order valence-electron chi connectivity index (χ3n) is 5.15. The van der Waals surface area contributed by atoms with Gasteiger partial charge in [0.1, 0.15) is 0 Å². The number of rotatable bonds is 11. The molecule has 0 amide bonds. The zero-order chi connectivity index (χ0) is 20.0. The van der Waals surface area contributed by atoms with Crippen LogP contribution in [0.15, 0.2) is 23.2 Å². The zero-order valence-electron chi connectivity index (χ0n) is 18.2. The second kappa shape index (κ2) is 15.6. The Morgan fingerprint density at radius 1 is 1.00 bits per heavy atom. The van der Waals surface area contributed by atoms with Crippen molar-refractivity contribution in [1.82, 2.24) is 10.6 Å². The summed E-state index contributed by atoms with van der Waals surface area (Å²) in [7, 11) is 5.08. The lowest BCUT2D eigenvalue weighted by Gasteiger charge is -2.21. The second-order valence-electron chi connectivity index (χ2n) is 7.23. The summed E-state index contributed by atoms with van der Waals surface area (Å²) in [5.74, 6) is 2.29. The fourth-order valence-corrected chi connectivity index (χ4v) is 3.49. The van der Waals surface area contributed by atoms with Crippen molar-refractivity contribution in [3.05, 3.63) is 23.8 Å². The molecule has 0 unspecified atom stereocenters. The topological polar surface area (TPSA) is 64.1 Å². The summed E-state index contributed by atoms with van der Waals surface area (Å²) in [6.45, 7) is 2.49. The number of hydrogen-bond acceptors (Lipinski definition) is 4. The molecule has 166 valence electrons. The first-order valence-corrected chi connectivity index (χ1v) is 10.5. The van der Waals surface area contributed by atoms with E-state index in [2.05, 4.69) is 15.6 Å². The Morgan fingerprint density at radius 2 is 1.76 bits per heavy atom. The Hall–Kier alpha value is -1.22. The molecule has 1 aromatic carbocycles. The number of halogens is 1. The van der Waals surface area contributed by atoms with Crippen LogP contribution in [0.5, 0.6) is 11.5 Å². The summed E-state index contributed by atoms with van der Waals surface area (Å²) in [6.07, 6.45) is 10.5. The van der Waals surface area contributed by atoms with E-state index in [9.17, 15) is 0 Å². The quantitative estimate of drug-likeness (QED) is 0.195. The minimum atomic E-state index is 0. The number of benzene rings is 1. The van der Waals surface area contributed by atoms with Crippen LogP contribution in [0.4, 0.5) is 0 Å². The van der Waals surface area contributed by atoms with E-state index in [1.807, 2.05) is 18.2 Å². The minimum absolute atomic E-state index is 0. The largest absolute Gasteiger partial charge is 0.493 e. The molecule has 0 aliphatic heterocycles. The Kier molecular flexibility index (Phi) is 13.9. The van der Waals surface area contributed by atoms with Gasteiger partial charge in [-0.15, -0.1) is 24.0 Å². The monoisotopic (exact) mass is 519 g/mol. The van der Waals surface area contributed by atoms with E-state index >= 15 is 0 Å². The van der Waals surface area contributed by atoms with Crippen LogP contribution in [-0.4, -0.2) is 46.5 Å². The third-order valence-corrected chi connectivity index (χ3v) is 5.15. The highest BCUT2D eigenvalue weighted by Crippen LogP contribution is 2.27. The number of nitrogens with zero attached hydrogens (tertiary/aromatic N) is 1. The van der Waals surface area contributed by atoms with E-state index in [4.69, 9.17) is 14.2 Å². The zero-order valence-corrected chi connectivity index (χ0v) is 20.5. The molecular weight excluding hydrogens is 481 g/mol. The number of aliphatic imine (C=N–C) groups is 1. The fourth-order valence-electron chi connectivity index (χ4n) is 3.49. The smallest absolute Gasteiger partial charge is 0.191 e. The molecule has 0 atom stereocenters. The number of hydrogen-bond donors (Lipinski definition) is 2. The molecule has 0 bridgehead atoms. The lowest BCUT2D eigenvalue weighted by atomic mass is 9.98. The average molecular weight is 519 g/mol. The first-order chi connectivity index (χ1) is 13.8. The fraction of sp³-hybridized carbons (Fsp3) is 0.682. The van der Waals surface area contributed by atoms with Crippen molar-refractivity contribution in [2.75, 3.05) is 34.4 Å². The highest BCUT2D eigenvalue weighted by Gasteiger charge is 2.12. The Bertz CT molecular complexity index is 593. The average Bonchev–Trinajstić information content (AvgIpc) is 2.75. The molecule has 0 heterocycles. The van der Waals surface area contributed by atoms with Crippen molar-refractivity contribution in [2.45, 2.75) is 64.0 Å². The van der Waals surface area contributed by atoms with Crippen LogP contribution in [0.3, 0.4) is 0 Å². The van der Waals surface area contributed by atoms with Crippen LogP contribution < -0.4 is 20.1 Å². The van der Waals surface area contributed by atoms with Crippen molar-refractivity contribution in [3.8, 4) is 11.5 Å². The molecule has 0 spiro atoms. The highest BCUT2D eigenvalue weighted by atomic mass is 127. The van der Waals surface area contributed by atoms with E-state index in [0.29, 0.717) is 12.6 Å². The number of methoxy groups -OCH3 is 2. The summed E-state index contributed by atoms with van der Waals surface area (Å²) >= 11 is 0. The van der Waals surface area contributed by atoms with Crippen LogP contribution in [-0.2, 0) is 11.3 Å². The Morgan fingerprint density at radius 3 is 2.45 bits per heavy atom. The third kappa shape index (κ3) is 9.89. The summed E-state index contributed by atoms with van der Waals surface area (Å²) in [5, 5.41) is 6.71. The molecule has 0 saturated heterocycles. The van der Waals surface area contributed by atoms with Crippen LogP contribution in [0.1, 0.15) is 56.9 Å². The van der Waals surface area contributed by atoms with Gasteiger partial charge in [0, 0.05) is 26.7 Å². The van der Waals surface area contributed by atoms with E-state index in [1.54, 1.807) is 21.3 Å². The van der Waals surface area contributed by atoms with Crippen LogP contribution in [0.2, 0.25) is 0 Å². The van der Waals surface area contributed by atoms with Gasteiger partial charge in [0.05, 0.1) is 20.3 Å². The van der Waals surface area contributed by atoms with Gasteiger partial charge in [-0.3, -0.25) is 4.99 Å². The van der Waals surface area contributed by atoms with E-state index in [0.717, 1.165) is 49.0 Å². The standard InChI is InChI=1S/C22H37N3O3.HI/c1-23-22(25-17-18-12-13-20(26-2)21(16-18)27-3)24-14-8-5-9-15-28-19-10-6-4-7-11-19;/h12-13,16,19H,4-11,14-15,17H2,1-3H3,(H2,23,24,25);1H. The van der Waals surface area contributed by atoms with E-state index < -0.39 is 0 Å². The molecule has 1 aromatic rings. The molecule has 29 heavy (non-hydrogen) atoms. The molecule has 1 fully saturated rings. The number of ether oxygens (including phenoxy) is 3. The SMILES string of the molecule is CN=C(NCCCCCOC1CCCCC1)NCc1ccc(OC)c(OC)c1.I. The Balaban J connectivity index is 0.00000420. The maximum atomic E-state index is 5.98. The maximum absolute atomic E-state index is 5.98. The molecule has 6 nitrogen and oxygen atoms in total. The molecule has 0 aromatic heterocycles. The molecular formula is C22H38IN3O3. The summed E-state index contributed by atoms with van der Waals surface area (Å²) < 4.78 is 16.6. The molecule has 7 heteroatoms. The molecule has 1 saturated carbocycles. The van der Waals surface area contributed by atoms with Crippen molar-refractivity contribution in [2.24, 2.45) is 4.99 Å². The molecule has 1 aliphatic rings. The predicted molar refractivity (Wildman–Crippen MR) is 130 cm³/mol. The van der Waals surface area contributed by atoms with Gasteiger partial charge in [0.25, 0.3) is 0 Å². The van der Waals surface area contributed by atoms with Crippen LogP contribution in [0, 0.1) is 0 Å². The van der Waals surface area contributed by atoms with Crippen molar-refractivity contribution in [3.63, 3.8) is 0 Å². The van der Waals surface area contributed by atoms with E-state index in [-0.39, 0.29) is 24.0 Å². The van der Waals surface area contributed by atoms with Gasteiger partial charge in [0.2, 0.25) is 0 Å². The second-order valence-corrected chi connectivity index (χ2v) is 7.23. The molecule has 0 radical (unpaired) electrons. The minimum Gasteiger partial charge on any atom is -0.493 e. The lowest BCUT2D eigenvalue weighted by Crippen LogP contribution is -2.37. The van der Waals surface area contributed by atoms with Gasteiger partial charge < -0.3 is 24.8 Å². The summed E-state index contributed by atoms with van der Waals surface area (Å²) in [5.41, 5.74) is 1.11. The number of nitrogens with one attached hydrogen (secondary N) is 2. The van der Waals surface area contributed by atoms with Gasteiger partial charge in [-0.05, 0) is 49.8 Å². The predicted octanol–water partition coefficient (Wildman–Crippen LogP) is 4.51. The van der Waals surface area contributed by atoms with Crippen molar-refractivity contribution in [1.29, 1.82) is 0 Å². The highest BCUT2D eigenvalue weighted by molar-refractivity contribution is 14.0. The van der Waals surface area contributed by atoms with Gasteiger partial charge in [-0.25, -0.2) is 0 Å². The first kappa shape index (κ1) is 25.8. The lowest BCUT2D eigenvalue weighted by molar-refractivity contribution is 0.0264.